The maximum Gasteiger partial charge on any atom is 0.315 e. The third-order valence-electron chi connectivity index (χ3n) is 3.29. The van der Waals surface area contributed by atoms with Crippen molar-refractivity contribution >= 4 is 11.9 Å². The summed E-state index contributed by atoms with van der Waals surface area (Å²) in [6.45, 7) is 5.18. The van der Waals surface area contributed by atoms with E-state index in [1.54, 1.807) is 0 Å². The molecule has 0 unspecified atom stereocenters. The lowest BCUT2D eigenvalue weighted by Gasteiger charge is -2.22. The van der Waals surface area contributed by atoms with Gasteiger partial charge in [0.25, 0.3) is 0 Å². The van der Waals surface area contributed by atoms with Crippen LogP contribution in [0.3, 0.4) is 0 Å². The third-order valence-corrected chi connectivity index (χ3v) is 3.29. The first-order valence-electron chi connectivity index (χ1n) is 7.39. The molecule has 1 saturated carbocycles. The van der Waals surface area contributed by atoms with Crippen molar-refractivity contribution in [2.24, 2.45) is 5.92 Å². The van der Waals surface area contributed by atoms with E-state index in [4.69, 9.17) is 0 Å². The summed E-state index contributed by atoms with van der Waals surface area (Å²) in [4.78, 5) is 23.0. The number of carbonyl (C=O) groups is 2. The Bertz CT molecular complexity index is 286. The van der Waals surface area contributed by atoms with E-state index >= 15 is 0 Å². The molecule has 0 aromatic rings. The largest absolute Gasteiger partial charge is 0.356 e. The summed E-state index contributed by atoms with van der Waals surface area (Å²) in [5.74, 6) is 0.443. The average Bonchev–Trinajstić information content (AvgIpc) is 2.37. The van der Waals surface area contributed by atoms with Crippen LogP contribution in [0.1, 0.15) is 52.4 Å². The molecule has 19 heavy (non-hydrogen) atoms. The Morgan fingerprint density at radius 1 is 1.11 bits per heavy atom. The summed E-state index contributed by atoms with van der Waals surface area (Å²) < 4.78 is 0. The van der Waals surface area contributed by atoms with Gasteiger partial charge in [-0.1, -0.05) is 33.1 Å². The molecule has 5 heteroatoms. The van der Waals surface area contributed by atoms with Crippen molar-refractivity contribution in [3.63, 3.8) is 0 Å². The van der Waals surface area contributed by atoms with Gasteiger partial charge in [0.2, 0.25) is 5.91 Å². The minimum absolute atomic E-state index is 0.00772. The SMILES string of the molecule is CC(C)CNC(=O)CCNC(=O)NC1CCCCC1. The zero-order valence-corrected chi connectivity index (χ0v) is 12.1. The number of hydrogen-bond donors (Lipinski definition) is 3. The van der Waals surface area contributed by atoms with Gasteiger partial charge in [-0.05, 0) is 18.8 Å². The molecule has 1 aliphatic rings. The van der Waals surface area contributed by atoms with Gasteiger partial charge in [0.1, 0.15) is 0 Å². The first kappa shape index (κ1) is 15.8. The Morgan fingerprint density at radius 2 is 1.79 bits per heavy atom. The molecule has 5 nitrogen and oxygen atoms in total. The average molecular weight is 269 g/mol. The number of rotatable bonds is 6. The van der Waals surface area contributed by atoms with Crippen molar-refractivity contribution in [3.8, 4) is 0 Å². The van der Waals surface area contributed by atoms with Crippen LogP contribution in [0.4, 0.5) is 4.79 Å². The number of amides is 3. The topological polar surface area (TPSA) is 70.2 Å². The minimum atomic E-state index is -0.149. The molecule has 3 N–H and O–H groups in total. The Balaban J connectivity index is 2.04. The van der Waals surface area contributed by atoms with E-state index in [2.05, 4.69) is 29.8 Å². The summed E-state index contributed by atoms with van der Waals surface area (Å²) in [5, 5.41) is 8.53. The van der Waals surface area contributed by atoms with Gasteiger partial charge in [0.15, 0.2) is 0 Å². The van der Waals surface area contributed by atoms with E-state index in [9.17, 15) is 9.59 Å². The van der Waals surface area contributed by atoms with E-state index in [0.29, 0.717) is 31.5 Å². The molecule has 1 rings (SSSR count). The zero-order valence-electron chi connectivity index (χ0n) is 12.1. The molecular formula is C14H27N3O2. The molecule has 1 fully saturated rings. The van der Waals surface area contributed by atoms with Crippen LogP contribution in [0.2, 0.25) is 0 Å². The summed E-state index contributed by atoms with van der Waals surface area (Å²) >= 11 is 0. The zero-order chi connectivity index (χ0) is 14.1. The highest BCUT2D eigenvalue weighted by molar-refractivity contribution is 5.78. The van der Waals surface area contributed by atoms with Crippen LogP contribution >= 0.6 is 0 Å². The van der Waals surface area contributed by atoms with Gasteiger partial charge < -0.3 is 16.0 Å². The second-order valence-electron chi connectivity index (χ2n) is 5.68. The minimum Gasteiger partial charge on any atom is -0.356 e. The lowest BCUT2D eigenvalue weighted by Crippen LogP contribution is -2.44. The number of carbonyl (C=O) groups excluding carboxylic acids is 2. The van der Waals surface area contributed by atoms with Crippen molar-refractivity contribution in [1.82, 2.24) is 16.0 Å². The summed E-state index contributed by atoms with van der Waals surface area (Å²) in [7, 11) is 0. The normalized spacial score (nSPS) is 16.2. The van der Waals surface area contributed by atoms with Crippen molar-refractivity contribution in [1.29, 1.82) is 0 Å². The fraction of sp³-hybridized carbons (Fsp3) is 0.857. The second-order valence-corrected chi connectivity index (χ2v) is 5.68. The molecular weight excluding hydrogens is 242 g/mol. The lowest BCUT2D eigenvalue weighted by molar-refractivity contribution is -0.121. The van der Waals surface area contributed by atoms with E-state index < -0.39 is 0 Å². The lowest BCUT2D eigenvalue weighted by atomic mass is 9.96. The van der Waals surface area contributed by atoms with E-state index in [1.165, 1.54) is 19.3 Å². The van der Waals surface area contributed by atoms with Crippen LogP contribution < -0.4 is 16.0 Å². The van der Waals surface area contributed by atoms with Crippen molar-refractivity contribution in [2.45, 2.75) is 58.4 Å². The quantitative estimate of drug-likeness (QED) is 0.688. The molecule has 1 aliphatic carbocycles. The Kier molecular flexibility index (Phi) is 7.30. The van der Waals surface area contributed by atoms with E-state index in [0.717, 1.165) is 12.8 Å². The van der Waals surface area contributed by atoms with Crippen molar-refractivity contribution < 1.29 is 9.59 Å². The highest BCUT2D eigenvalue weighted by Gasteiger charge is 2.15. The highest BCUT2D eigenvalue weighted by atomic mass is 16.2. The smallest absolute Gasteiger partial charge is 0.315 e. The van der Waals surface area contributed by atoms with Crippen molar-refractivity contribution in [2.75, 3.05) is 13.1 Å². The van der Waals surface area contributed by atoms with Crippen molar-refractivity contribution in [3.05, 3.63) is 0 Å². The number of nitrogens with one attached hydrogen (secondary N) is 3. The fourth-order valence-electron chi connectivity index (χ4n) is 2.18. The molecule has 0 aromatic carbocycles. The van der Waals surface area contributed by atoms with Gasteiger partial charge in [-0.2, -0.15) is 0 Å². The maximum atomic E-state index is 11.6. The molecule has 0 radical (unpaired) electrons. The molecule has 0 atom stereocenters. The predicted octanol–water partition coefficient (Wildman–Crippen LogP) is 1.78. The first-order valence-corrected chi connectivity index (χ1v) is 7.39. The van der Waals surface area contributed by atoms with Gasteiger partial charge in [0, 0.05) is 25.6 Å². The molecule has 3 amide bonds. The fourth-order valence-corrected chi connectivity index (χ4v) is 2.18. The molecule has 0 saturated heterocycles. The van der Waals surface area contributed by atoms with E-state index in [1.807, 2.05) is 0 Å². The Hall–Kier alpha value is -1.26. The van der Waals surface area contributed by atoms with Gasteiger partial charge in [-0.15, -0.1) is 0 Å². The molecule has 0 aromatic heterocycles. The highest BCUT2D eigenvalue weighted by Crippen LogP contribution is 2.16. The second kappa shape index (κ2) is 8.77. The Morgan fingerprint density at radius 3 is 2.42 bits per heavy atom. The monoisotopic (exact) mass is 269 g/mol. The maximum absolute atomic E-state index is 11.6. The van der Waals surface area contributed by atoms with Crippen LogP contribution in [-0.2, 0) is 4.79 Å². The molecule has 110 valence electrons. The van der Waals surface area contributed by atoms with Crippen LogP contribution in [0.5, 0.6) is 0 Å². The molecule has 0 bridgehead atoms. The number of hydrogen-bond acceptors (Lipinski definition) is 2. The summed E-state index contributed by atoms with van der Waals surface area (Å²) in [5.41, 5.74) is 0. The molecule has 0 heterocycles. The summed E-state index contributed by atoms with van der Waals surface area (Å²) in [6.07, 6.45) is 6.15. The summed E-state index contributed by atoms with van der Waals surface area (Å²) in [6, 6.07) is 0.159. The third kappa shape index (κ3) is 7.70. The first-order chi connectivity index (χ1) is 9.08. The predicted molar refractivity (Wildman–Crippen MR) is 75.9 cm³/mol. The molecule has 0 spiro atoms. The van der Waals surface area contributed by atoms with Gasteiger partial charge in [-0.3, -0.25) is 4.79 Å². The molecule has 0 aliphatic heterocycles. The standard InChI is InChI=1S/C14H27N3O2/c1-11(2)10-16-13(18)8-9-15-14(19)17-12-6-4-3-5-7-12/h11-12H,3-10H2,1-2H3,(H,16,18)(H2,15,17,19). The van der Waals surface area contributed by atoms with E-state index in [-0.39, 0.29) is 11.9 Å². The van der Waals surface area contributed by atoms with Crippen LogP contribution in [0.25, 0.3) is 0 Å². The van der Waals surface area contributed by atoms with Gasteiger partial charge in [0.05, 0.1) is 0 Å². The van der Waals surface area contributed by atoms with Crippen LogP contribution in [0.15, 0.2) is 0 Å². The Labute approximate surface area is 115 Å². The number of urea groups is 1. The van der Waals surface area contributed by atoms with Crippen LogP contribution in [0, 0.1) is 5.92 Å². The van der Waals surface area contributed by atoms with Crippen LogP contribution in [-0.4, -0.2) is 31.1 Å². The van der Waals surface area contributed by atoms with Gasteiger partial charge >= 0.3 is 6.03 Å². The van der Waals surface area contributed by atoms with Gasteiger partial charge in [-0.25, -0.2) is 4.79 Å².